The Balaban J connectivity index is 1.43. The Morgan fingerprint density at radius 2 is 1.88 bits per heavy atom. The van der Waals surface area contributed by atoms with E-state index >= 15 is 0 Å². The summed E-state index contributed by atoms with van der Waals surface area (Å²) < 4.78 is 14.8. The number of hydrogen-bond acceptors (Lipinski definition) is 0. The Morgan fingerprint density at radius 3 is 2.73 bits per heavy atom. The van der Waals surface area contributed by atoms with Crippen molar-refractivity contribution < 1.29 is 4.39 Å². The van der Waals surface area contributed by atoms with Gasteiger partial charge in [-0.1, -0.05) is 25.5 Å². The first-order chi connectivity index (χ1) is 12.6. The van der Waals surface area contributed by atoms with Crippen LogP contribution in [-0.4, -0.2) is 0 Å². The minimum Gasteiger partial charge on any atom is -0.207 e. The zero-order valence-corrected chi connectivity index (χ0v) is 16.5. The molecule has 4 rings (SSSR count). The maximum atomic E-state index is 14.8. The molecule has 0 radical (unpaired) electrons. The molecule has 0 saturated heterocycles. The lowest BCUT2D eigenvalue weighted by Gasteiger charge is -2.42. The molecule has 1 heteroatoms. The summed E-state index contributed by atoms with van der Waals surface area (Å²) in [6.07, 6.45) is 16.0. The van der Waals surface area contributed by atoms with Crippen molar-refractivity contribution >= 4 is 0 Å². The number of allylic oxidation sites excluding steroid dienone is 1. The van der Waals surface area contributed by atoms with E-state index in [1.54, 1.807) is 0 Å². The van der Waals surface area contributed by atoms with E-state index in [-0.39, 0.29) is 5.82 Å². The molecule has 5 atom stereocenters. The summed E-state index contributed by atoms with van der Waals surface area (Å²) in [5.74, 6) is 4.05. The highest BCUT2D eigenvalue weighted by atomic mass is 19.1. The highest BCUT2D eigenvalue weighted by Gasteiger charge is 2.36. The van der Waals surface area contributed by atoms with Gasteiger partial charge in [0, 0.05) is 0 Å². The van der Waals surface area contributed by atoms with E-state index in [0.717, 1.165) is 36.2 Å². The number of hydrogen-bond donors (Lipinski definition) is 0. The van der Waals surface area contributed by atoms with E-state index in [1.165, 1.54) is 68.9 Å². The molecule has 5 unspecified atom stereocenters. The molecule has 3 aliphatic carbocycles. The van der Waals surface area contributed by atoms with Gasteiger partial charge in [-0.15, -0.1) is 6.58 Å². The Hall–Kier alpha value is -1.11. The van der Waals surface area contributed by atoms with Crippen LogP contribution in [0.2, 0.25) is 0 Å². The molecule has 2 saturated carbocycles. The summed E-state index contributed by atoms with van der Waals surface area (Å²) in [5.41, 5.74) is 3.64. The molecule has 0 heterocycles. The van der Waals surface area contributed by atoms with Crippen LogP contribution in [0.15, 0.2) is 24.8 Å². The lowest BCUT2D eigenvalue weighted by molar-refractivity contribution is 0.115. The highest BCUT2D eigenvalue weighted by molar-refractivity contribution is 5.37. The number of halogens is 1. The van der Waals surface area contributed by atoms with E-state index in [4.69, 9.17) is 0 Å². The third kappa shape index (κ3) is 3.78. The van der Waals surface area contributed by atoms with Crippen molar-refractivity contribution in [2.75, 3.05) is 0 Å². The molecular formula is C25H35F. The van der Waals surface area contributed by atoms with E-state index in [0.29, 0.717) is 11.8 Å². The van der Waals surface area contributed by atoms with Crippen molar-refractivity contribution in [2.24, 2.45) is 23.7 Å². The summed E-state index contributed by atoms with van der Waals surface area (Å²) in [7, 11) is 0. The van der Waals surface area contributed by atoms with E-state index in [9.17, 15) is 4.39 Å². The van der Waals surface area contributed by atoms with Gasteiger partial charge in [-0.05, 0) is 117 Å². The Labute approximate surface area is 159 Å². The van der Waals surface area contributed by atoms with Crippen LogP contribution in [0.1, 0.15) is 87.3 Å². The molecule has 0 N–H and O–H groups in total. The topological polar surface area (TPSA) is 0 Å². The van der Waals surface area contributed by atoms with Gasteiger partial charge in [-0.3, -0.25) is 0 Å². The summed E-state index contributed by atoms with van der Waals surface area (Å²) in [4.78, 5) is 0. The maximum absolute atomic E-state index is 14.8. The first kappa shape index (κ1) is 18.3. The van der Waals surface area contributed by atoms with Crippen molar-refractivity contribution in [3.05, 3.63) is 47.3 Å². The third-order valence-electron chi connectivity index (χ3n) is 7.74. The zero-order chi connectivity index (χ0) is 18.1. The third-order valence-corrected chi connectivity index (χ3v) is 7.74. The lowest BCUT2D eigenvalue weighted by atomic mass is 9.63. The first-order valence-electron chi connectivity index (χ1n) is 11.1. The SMILES string of the molecule is C=CCCC1CCC2CC(c3cc(F)c4c(c3)CCC(C)C4)CCC2C1. The summed E-state index contributed by atoms with van der Waals surface area (Å²) in [5, 5.41) is 0. The quantitative estimate of drug-likeness (QED) is 0.501. The fourth-order valence-corrected chi connectivity index (χ4v) is 6.16. The van der Waals surface area contributed by atoms with Crippen LogP contribution in [0.4, 0.5) is 4.39 Å². The number of fused-ring (bicyclic) bond motifs is 2. The van der Waals surface area contributed by atoms with Gasteiger partial charge in [0.25, 0.3) is 0 Å². The predicted molar refractivity (Wildman–Crippen MR) is 108 cm³/mol. The van der Waals surface area contributed by atoms with Crippen LogP contribution >= 0.6 is 0 Å². The van der Waals surface area contributed by atoms with Gasteiger partial charge in [-0.2, -0.15) is 0 Å². The molecule has 0 spiro atoms. The first-order valence-corrected chi connectivity index (χ1v) is 11.1. The molecule has 0 nitrogen and oxygen atoms in total. The fourth-order valence-electron chi connectivity index (χ4n) is 6.16. The van der Waals surface area contributed by atoms with Gasteiger partial charge in [0.15, 0.2) is 0 Å². The Morgan fingerprint density at radius 1 is 1.08 bits per heavy atom. The van der Waals surface area contributed by atoms with E-state index in [1.807, 2.05) is 6.07 Å². The Kier molecular flexibility index (Phi) is 5.53. The number of benzene rings is 1. The van der Waals surface area contributed by atoms with E-state index < -0.39 is 0 Å². The predicted octanol–water partition coefficient (Wildman–Crippen LogP) is 7.22. The molecule has 1 aromatic rings. The molecule has 3 aliphatic rings. The molecular weight excluding hydrogens is 319 g/mol. The van der Waals surface area contributed by atoms with Gasteiger partial charge in [0.05, 0.1) is 0 Å². The lowest BCUT2D eigenvalue weighted by Crippen LogP contribution is -2.30. The second kappa shape index (κ2) is 7.87. The standard InChI is InChI=1S/C25H35F/c1-3-4-5-18-7-9-20-14-21(11-10-19(20)13-18)23-15-22-8-6-17(2)12-24(22)25(26)16-23/h3,15-21H,1,4-14H2,2H3. The molecule has 0 amide bonds. The molecule has 142 valence electrons. The smallest absolute Gasteiger partial charge is 0.126 e. The van der Waals surface area contributed by atoms with Crippen LogP contribution in [0.25, 0.3) is 0 Å². The van der Waals surface area contributed by atoms with Crippen LogP contribution < -0.4 is 0 Å². The second-order valence-electron chi connectivity index (χ2n) is 9.56. The van der Waals surface area contributed by atoms with Crippen LogP contribution in [0, 0.1) is 29.5 Å². The van der Waals surface area contributed by atoms with E-state index in [2.05, 4.69) is 25.6 Å². The average molecular weight is 355 g/mol. The van der Waals surface area contributed by atoms with Crippen molar-refractivity contribution in [1.29, 1.82) is 0 Å². The second-order valence-corrected chi connectivity index (χ2v) is 9.56. The van der Waals surface area contributed by atoms with Gasteiger partial charge < -0.3 is 0 Å². The summed E-state index contributed by atoms with van der Waals surface area (Å²) in [6, 6.07) is 4.28. The van der Waals surface area contributed by atoms with Gasteiger partial charge >= 0.3 is 0 Å². The molecule has 1 aromatic carbocycles. The fraction of sp³-hybridized carbons (Fsp3) is 0.680. The summed E-state index contributed by atoms with van der Waals surface area (Å²) >= 11 is 0. The minimum atomic E-state index is 0.0827. The summed E-state index contributed by atoms with van der Waals surface area (Å²) in [6.45, 7) is 6.13. The number of rotatable bonds is 4. The normalized spacial score (nSPS) is 34.0. The molecule has 0 aliphatic heterocycles. The van der Waals surface area contributed by atoms with Gasteiger partial charge in [-0.25, -0.2) is 4.39 Å². The number of aryl methyl sites for hydroxylation is 1. The molecule has 0 aromatic heterocycles. The minimum absolute atomic E-state index is 0.0827. The Bertz CT molecular complexity index is 646. The van der Waals surface area contributed by atoms with Crippen molar-refractivity contribution in [2.45, 2.75) is 83.5 Å². The van der Waals surface area contributed by atoms with Gasteiger partial charge in [0.2, 0.25) is 0 Å². The van der Waals surface area contributed by atoms with Crippen LogP contribution in [0.3, 0.4) is 0 Å². The molecule has 2 fully saturated rings. The van der Waals surface area contributed by atoms with Crippen LogP contribution in [-0.2, 0) is 12.8 Å². The van der Waals surface area contributed by atoms with Crippen molar-refractivity contribution in [1.82, 2.24) is 0 Å². The zero-order valence-electron chi connectivity index (χ0n) is 16.5. The highest BCUT2D eigenvalue weighted by Crippen LogP contribution is 2.48. The molecule has 0 bridgehead atoms. The van der Waals surface area contributed by atoms with Crippen LogP contribution in [0.5, 0.6) is 0 Å². The van der Waals surface area contributed by atoms with Crippen molar-refractivity contribution in [3.63, 3.8) is 0 Å². The largest absolute Gasteiger partial charge is 0.207 e. The average Bonchev–Trinajstić information content (AvgIpc) is 2.66. The van der Waals surface area contributed by atoms with Gasteiger partial charge in [0.1, 0.15) is 5.82 Å². The monoisotopic (exact) mass is 354 g/mol. The molecule has 26 heavy (non-hydrogen) atoms. The van der Waals surface area contributed by atoms with Crippen molar-refractivity contribution in [3.8, 4) is 0 Å². The maximum Gasteiger partial charge on any atom is 0.126 e.